The second-order valence-electron chi connectivity index (χ2n) is 5.73. The lowest BCUT2D eigenvalue weighted by atomic mass is 10.1. The lowest BCUT2D eigenvalue weighted by Gasteiger charge is -2.21. The maximum Gasteiger partial charge on any atom is 0.323 e. The zero-order valence-corrected chi connectivity index (χ0v) is 13.0. The molecule has 1 aromatic rings. The monoisotopic (exact) mass is 293 g/mol. The quantitative estimate of drug-likeness (QED) is 0.809. The summed E-state index contributed by atoms with van der Waals surface area (Å²) in [6, 6.07) is 8.97. The molecule has 1 atom stereocenters. The number of rotatable bonds is 6. The van der Waals surface area contributed by atoms with Gasteiger partial charge in [0.1, 0.15) is 11.6 Å². The summed E-state index contributed by atoms with van der Waals surface area (Å²) < 4.78 is 9.96. The molecule has 0 fully saturated rings. The first-order valence-corrected chi connectivity index (χ1v) is 6.89. The zero-order chi connectivity index (χ0) is 15.9. The molecular formula is C16H23NO4. The molecule has 21 heavy (non-hydrogen) atoms. The minimum Gasteiger partial charge on any atom is -0.468 e. The molecule has 0 aromatic heterocycles. The van der Waals surface area contributed by atoms with Crippen molar-refractivity contribution in [2.24, 2.45) is 0 Å². The van der Waals surface area contributed by atoms with Gasteiger partial charge in [-0.3, -0.25) is 14.9 Å². The third-order valence-corrected chi connectivity index (χ3v) is 2.68. The maximum absolute atomic E-state index is 11.8. The Morgan fingerprint density at radius 3 is 2.33 bits per heavy atom. The van der Waals surface area contributed by atoms with Gasteiger partial charge in [0.05, 0.1) is 13.7 Å². The molecule has 0 aliphatic heterocycles. The first kappa shape index (κ1) is 17.2. The molecule has 0 unspecified atom stereocenters. The van der Waals surface area contributed by atoms with Crippen LogP contribution in [0.4, 0.5) is 0 Å². The summed E-state index contributed by atoms with van der Waals surface area (Å²) in [6.45, 7) is 5.36. The number of carbonyl (C=O) groups excluding carboxylic acids is 2. The molecule has 0 heterocycles. The van der Waals surface area contributed by atoms with Gasteiger partial charge >= 0.3 is 11.9 Å². The molecule has 0 aliphatic rings. The summed E-state index contributed by atoms with van der Waals surface area (Å²) in [5.41, 5.74) is 0.448. The van der Waals surface area contributed by atoms with Crippen molar-refractivity contribution < 1.29 is 19.1 Å². The molecule has 0 aliphatic carbocycles. The van der Waals surface area contributed by atoms with E-state index in [1.807, 2.05) is 30.3 Å². The number of carbonyl (C=O) groups is 2. The van der Waals surface area contributed by atoms with Crippen LogP contribution in [0, 0.1) is 0 Å². The van der Waals surface area contributed by atoms with E-state index in [0.29, 0.717) is 6.42 Å². The number of hydrogen-bond donors (Lipinski definition) is 1. The molecule has 0 spiro atoms. The predicted octanol–water partition coefficient (Wildman–Crippen LogP) is 1.70. The Balaban J connectivity index is 2.59. The van der Waals surface area contributed by atoms with Gasteiger partial charge in [-0.15, -0.1) is 0 Å². The van der Waals surface area contributed by atoms with Crippen LogP contribution in [0.5, 0.6) is 0 Å². The molecule has 1 aromatic carbocycles. The topological polar surface area (TPSA) is 64.6 Å². The van der Waals surface area contributed by atoms with Gasteiger partial charge in [-0.25, -0.2) is 0 Å². The second kappa shape index (κ2) is 7.78. The van der Waals surface area contributed by atoms with Crippen molar-refractivity contribution in [2.75, 3.05) is 13.7 Å². The van der Waals surface area contributed by atoms with Crippen LogP contribution in [-0.2, 0) is 25.5 Å². The number of benzene rings is 1. The van der Waals surface area contributed by atoms with Crippen LogP contribution in [-0.4, -0.2) is 37.2 Å². The van der Waals surface area contributed by atoms with E-state index in [2.05, 4.69) is 5.32 Å². The van der Waals surface area contributed by atoms with Crippen molar-refractivity contribution in [1.29, 1.82) is 0 Å². The van der Waals surface area contributed by atoms with E-state index in [0.717, 1.165) is 5.56 Å². The van der Waals surface area contributed by atoms with Crippen molar-refractivity contribution in [3.05, 3.63) is 35.9 Å². The summed E-state index contributed by atoms with van der Waals surface area (Å²) in [6.07, 6.45) is 0.455. The summed E-state index contributed by atoms with van der Waals surface area (Å²) >= 11 is 0. The van der Waals surface area contributed by atoms with Crippen LogP contribution in [0.2, 0.25) is 0 Å². The smallest absolute Gasteiger partial charge is 0.323 e. The normalized spacial score (nSPS) is 12.6. The summed E-state index contributed by atoms with van der Waals surface area (Å²) in [5.74, 6) is -0.799. The van der Waals surface area contributed by atoms with E-state index >= 15 is 0 Å². The third kappa shape index (κ3) is 6.90. The number of esters is 2. The van der Waals surface area contributed by atoms with E-state index in [4.69, 9.17) is 9.47 Å². The van der Waals surface area contributed by atoms with Gasteiger partial charge in [0.2, 0.25) is 0 Å². The molecular weight excluding hydrogens is 270 g/mol. The van der Waals surface area contributed by atoms with Crippen LogP contribution >= 0.6 is 0 Å². The number of nitrogens with one attached hydrogen (secondary N) is 1. The highest BCUT2D eigenvalue weighted by atomic mass is 16.6. The fraction of sp³-hybridized carbons (Fsp3) is 0.500. The van der Waals surface area contributed by atoms with Crippen molar-refractivity contribution in [2.45, 2.75) is 38.8 Å². The zero-order valence-electron chi connectivity index (χ0n) is 13.0. The van der Waals surface area contributed by atoms with Crippen molar-refractivity contribution in [3.8, 4) is 0 Å². The maximum atomic E-state index is 11.8. The summed E-state index contributed by atoms with van der Waals surface area (Å²) in [4.78, 5) is 23.5. The third-order valence-electron chi connectivity index (χ3n) is 2.68. The Hall–Kier alpha value is -1.88. The lowest BCUT2D eigenvalue weighted by Crippen LogP contribution is -2.43. The highest BCUT2D eigenvalue weighted by Crippen LogP contribution is 2.07. The fourth-order valence-electron chi connectivity index (χ4n) is 1.82. The van der Waals surface area contributed by atoms with Gasteiger partial charge in [-0.1, -0.05) is 30.3 Å². The molecule has 116 valence electrons. The molecule has 0 saturated carbocycles. The van der Waals surface area contributed by atoms with E-state index < -0.39 is 23.6 Å². The number of hydrogen-bond acceptors (Lipinski definition) is 5. The van der Waals surface area contributed by atoms with Gasteiger partial charge in [0, 0.05) is 0 Å². The Morgan fingerprint density at radius 2 is 1.81 bits per heavy atom. The highest BCUT2D eigenvalue weighted by molar-refractivity contribution is 5.78. The number of methoxy groups -OCH3 is 1. The molecule has 5 heteroatoms. The average Bonchev–Trinajstić information content (AvgIpc) is 2.41. The van der Waals surface area contributed by atoms with E-state index in [1.54, 1.807) is 20.8 Å². The molecule has 1 rings (SSSR count). The summed E-state index contributed by atoms with van der Waals surface area (Å²) in [7, 11) is 1.33. The first-order valence-electron chi connectivity index (χ1n) is 6.89. The van der Waals surface area contributed by atoms with Crippen molar-refractivity contribution in [1.82, 2.24) is 5.32 Å². The Bertz CT molecular complexity index is 465. The van der Waals surface area contributed by atoms with Gasteiger partial charge < -0.3 is 9.47 Å². The summed E-state index contributed by atoms with van der Waals surface area (Å²) in [5, 5.41) is 2.89. The SMILES string of the molecule is COC(=O)[C@H](Cc1ccccc1)NCC(=O)OC(C)(C)C. The Morgan fingerprint density at radius 1 is 1.19 bits per heavy atom. The van der Waals surface area contributed by atoms with E-state index in [-0.39, 0.29) is 6.54 Å². The van der Waals surface area contributed by atoms with Gasteiger partial charge in [0.15, 0.2) is 0 Å². The number of ether oxygens (including phenoxy) is 2. The molecule has 0 radical (unpaired) electrons. The second-order valence-corrected chi connectivity index (χ2v) is 5.73. The van der Waals surface area contributed by atoms with Gasteiger partial charge in [0.25, 0.3) is 0 Å². The Kier molecular flexibility index (Phi) is 6.37. The fourth-order valence-corrected chi connectivity index (χ4v) is 1.82. The van der Waals surface area contributed by atoms with Crippen LogP contribution < -0.4 is 5.32 Å². The Labute approximate surface area is 125 Å². The molecule has 1 N–H and O–H groups in total. The van der Waals surface area contributed by atoms with Crippen LogP contribution in [0.25, 0.3) is 0 Å². The van der Waals surface area contributed by atoms with Gasteiger partial charge in [-0.2, -0.15) is 0 Å². The average molecular weight is 293 g/mol. The molecule has 0 amide bonds. The standard InChI is InChI=1S/C16H23NO4/c1-16(2,3)21-14(18)11-17-13(15(19)20-4)10-12-8-6-5-7-9-12/h5-9,13,17H,10-11H2,1-4H3/t13-/m0/s1. The largest absolute Gasteiger partial charge is 0.468 e. The predicted molar refractivity (Wildman–Crippen MR) is 79.8 cm³/mol. The first-order chi connectivity index (χ1) is 9.81. The minimum atomic E-state index is -0.579. The van der Waals surface area contributed by atoms with Crippen LogP contribution in [0.1, 0.15) is 26.3 Å². The highest BCUT2D eigenvalue weighted by Gasteiger charge is 2.22. The van der Waals surface area contributed by atoms with Crippen LogP contribution in [0.3, 0.4) is 0 Å². The lowest BCUT2D eigenvalue weighted by molar-refractivity contribution is -0.154. The van der Waals surface area contributed by atoms with Crippen LogP contribution in [0.15, 0.2) is 30.3 Å². The molecule has 5 nitrogen and oxygen atoms in total. The van der Waals surface area contributed by atoms with Gasteiger partial charge in [-0.05, 0) is 32.8 Å². The van der Waals surface area contributed by atoms with Crippen molar-refractivity contribution >= 4 is 11.9 Å². The molecule has 0 bridgehead atoms. The van der Waals surface area contributed by atoms with Crippen molar-refractivity contribution in [3.63, 3.8) is 0 Å². The van der Waals surface area contributed by atoms with E-state index in [1.165, 1.54) is 7.11 Å². The molecule has 0 saturated heterocycles. The van der Waals surface area contributed by atoms with E-state index in [9.17, 15) is 9.59 Å². The minimum absolute atomic E-state index is 0.0378.